The molecular weight excluding hydrogens is 291 g/mol. The molecule has 0 aliphatic heterocycles. The van der Waals surface area contributed by atoms with Crippen LogP contribution in [-0.2, 0) is 15.1 Å². The van der Waals surface area contributed by atoms with Crippen LogP contribution in [0.5, 0.6) is 0 Å². The van der Waals surface area contributed by atoms with Gasteiger partial charge in [-0.1, -0.05) is 30.3 Å². The molecule has 0 saturated carbocycles. The number of ether oxygens (including phenoxy) is 1. The van der Waals surface area contributed by atoms with Gasteiger partial charge in [-0.05, 0) is 29.8 Å². The first kappa shape index (κ1) is 15.5. The lowest BCUT2D eigenvalue weighted by Gasteiger charge is -2.25. The zero-order valence-electron chi connectivity index (χ0n) is 11.5. The molecule has 2 aromatic carbocycles. The smallest absolute Gasteiger partial charge is 0.343 e. The van der Waals surface area contributed by atoms with Crippen LogP contribution in [0.4, 0.5) is 4.39 Å². The zero-order chi connectivity index (χ0) is 15.3. The van der Waals surface area contributed by atoms with Crippen molar-refractivity contribution in [1.82, 2.24) is 0 Å². The molecule has 0 aliphatic rings. The number of esters is 1. The third kappa shape index (κ3) is 3.62. The molecule has 3 nitrogen and oxygen atoms in total. The van der Waals surface area contributed by atoms with Crippen LogP contribution in [0, 0.1) is 5.82 Å². The van der Waals surface area contributed by atoms with Crippen molar-refractivity contribution in [3.8, 4) is 0 Å². The number of halogens is 1. The maximum absolute atomic E-state index is 12.9. The van der Waals surface area contributed by atoms with Crippen LogP contribution in [-0.4, -0.2) is 23.9 Å². The second kappa shape index (κ2) is 6.74. The molecule has 5 heteroatoms. The Morgan fingerprint density at radius 1 is 1.19 bits per heavy atom. The molecule has 0 heterocycles. The fourth-order valence-corrected chi connectivity index (χ4v) is 2.85. The van der Waals surface area contributed by atoms with Gasteiger partial charge in [0.25, 0.3) is 0 Å². The summed E-state index contributed by atoms with van der Waals surface area (Å²) in [5.41, 5.74) is -1.28. The molecule has 0 aromatic heterocycles. The minimum absolute atomic E-state index is 0.0787. The van der Waals surface area contributed by atoms with Gasteiger partial charge in [0.1, 0.15) is 5.82 Å². The van der Waals surface area contributed by atoms with Crippen LogP contribution in [0.3, 0.4) is 0 Å². The largest absolute Gasteiger partial charge is 0.467 e. The van der Waals surface area contributed by atoms with Crippen LogP contribution in [0.1, 0.15) is 5.56 Å². The Balaban J connectivity index is 2.21. The Hall–Kier alpha value is -1.85. The molecule has 0 radical (unpaired) electrons. The molecule has 0 amide bonds. The number of methoxy groups -OCH3 is 1. The van der Waals surface area contributed by atoms with E-state index in [1.165, 1.54) is 31.0 Å². The first-order valence-corrected chi connectivity index (χ1v) is 7.29. The van der Waals surface area contributed by atoms with E-state index in [2.05, 4.69) is 0 Å². The summed E-state index contributed by atoms with van der Waals surface area (Å²) in [5, 5.41) is 10.7. The van der Waals surface area contributed by atoms with Crippen LogP contribution in [0.2, 0.25) is 0 Å². The molecular formula is C16H15FO3S. The van der Waals surface area contributed by atoms with Gasteiger partial charge in [0.05, 0.1) is 7.11 Å². The summed E-state index contributed by atoms with van der Waals surface area (Å²) in [6.45, 7) is 0. The van der Waals surface area contributed by atoms with Gasteiger partial charge >= 0.3 is 5.97 Å². The van der Waals surface area contributed by atoms with Crippen molar-refractivity contribution in [2.75, 3.05) is 12.9 Å². The van der Waals surface area contributed by atoms with Crippen LogP contribution in [0.25, 0.3) is 0 Å². The van der Waals surface area contributed by atoms with Gasteiger partial charge in [0, 0.05) is 10.6 Å². The Morgan fingerprint density at radius 3 is 2.38 bits per heavy atom. The number of thioether (sulfide) groups is 1. The molecule has 110 valence electrons. The molecule has 1 atom stereocenters. The quantitative estimate of drug-likeness (QED) is 0.681. The number of benzene rings is 2. The van der Waals surface area contributed by atoms with Crippen molar-refractivity contribution in [3.63, 3.8) is 0 Å². The van der Waals surface area contributed by atoms with Gasteiger partial charge in [0.2, 0.25) is 0 Å². The van der Waals surface area contributed by atoms with Crippen molar-refractivity contribution < 1.29 is 19.0 Å². The fraction of sp³-hybridized carbons (Fsp3) is 0.188. The molecule has 0 unspecified atom stereocenters. The molecule has 1 N–H and O–H groups in total. The first-order valence-electron chi connectivity index (χ1n) is 6.31. The number of aliphatic hydroxyl groups is 1. The van der Waals surface area contributed by atoms with Crippen LogP contribution >= 0.6 is 11.8 Å². The Bertz CT molecular complexity index is 601. The summed E-state index contributed by atoms with van der Waals surface area (Å²) in [6.07, 6.45) is 0. The van der Waals surface area contributed by atoms with E-state index in [4.69, 9.17) is 4.74 Å². The average molecular weight is 306 g/mol. The van der Waals surface area contributed by atoms with E-state index in [-0.39, 0.29) is 11.6 Å². The normalized spacial score (nSPS) is 13.5. The van der Waals surface area contributed by atoms with Gasteiger partial charge in [-0.3, -0.25) is 0 Å². The van der Waals surface area contributed by atoms with Gasteiger partial charge in [-0.25, -0.2) is 9.18 Å². The number of rotatable bonds is 5. The van der Waals surface area contributed by atoms with E-state index in [1.807, 2.05) is 0 Å². The van der Waals surface area contributed by atoms with Crippen molar-refractivity contribution in [3.05, 3.63) is 66.0 Å². The van der Waals surface area contributed by atoms with Crippen LogP contribution < -0.4 is 0 Å². The van der Waals surface area contributed by atoms with Crippen molar-refractivity contribution >= 4 is 17.7 Å². The third-order valence-electron chi connectivity index (χ3n) is 3.04. The van der Waals surface area contributed by atoms with Crippen molar-refractivity contribution in [1.29, 1.82) is 0 Å². The molecule has 0 saturated heterocycles. The van der Waals surface area contributed by atoms with E-state index >= 15 is 0 Å². The highest BCUT2D eigenvalue weighted by Gasteiger charge is 2.39. The summed E-state index contributed by atoms with van der Waals surface area (Å²) >= 11 is 1.26. The lowest BCUT2D eigenvalue weighted by Crippen LogP contribution is -2.39. The highest BCUT2D eigenvalue weighted by atomic mass is 32.2. The molecule has 0 spiro atoms. The third-order valence-corrected chi connectivity index (χ3v) is 4.20. The average Bonchev–Trinajstić information content (AvgIpc) is 2.54. The lowest BCUT2D eigenvalue weighted by molar-refractivity contribution is -0.160. The minimum Gasteiger partial charge on any atom is -0.467 e. The van der Waals surface area contributed by atoms with Gasteiger partial charge in [-0.2, -0.15) is 0 Å². The Kier molecular flexibility index (Phi) is 4.98. The Labute approximate surface area is 126 Å². The summed E-state index contributed by atoms with van der Waals surface area (Å²) in [7, 11) is 1.23. The van der Waals surface area contributed by atoms with E-state index in [0.29, 0.717) is 5.56 Å². The molecule has 0 fully saturated rings. The van der Waals surface area contributed by atoms with Gasteiger partial charge in [0.15, 0.2) is 5.60 Å². The highest BCUT2D eigenvalue weighted by Crippen LogP contribution is 2.31. The van der Waals surface area contributed by atoms with Crippen molar-refractivity contribution in [2.24, 2.45) is 0 Å². The zero-order valence-corrected chi connectivity index (χ0v) is 12.3. The van der Waals surface area contributed by atoms with E-state index in [1.54, 1.807) is 42.5 Å². The summed E-state index contributed by atoms with van der Waals surface area (Å²) in [4.78, 5) is 12.7. The standard InChI is InChI=1S/C16H15FO3S/c1-20-15(18)16(19,12-5-3-2-4-6-12)11-21-14-9-7-13(17)8-10-14/h2-10,19H,11H2,1H3/t16-/m1/s1. The predicted octanol–water partition coefficient (Wildman–Crippen LogP) is 2.98. The van der Waals surface area contributed by atoms with Gasteiger partial charge < -0.3 is 9.84 Å². The van der Waals surface area contributed by atoms with E-state index in [0.717, 1.165) is 4.90 Å². The summed E-state index contributed by atoms with van der Waals surface area (Å²) < 4.78 is 17.6. The number of carbonyl (C=O) groups excluding carboxylic acids is 1. The molecule has 21 heavy (non-hydrogen) atoms. The van der Waals surface area contributed by atoms with E-state index < -0.39 is 11.6 Å². The minimum atomic E-state index is -1.74. The first-order chi connectivity index (χ1) is 10.1. The monoisotopic (exact) mass is 306 g/mol. The number of hydrogen-bond donors (Lipinski definition) is 1. The Morgan fingerprint density at radius 2 is 1.81 bits per heavy atom. The number of carbonyl (C=O) groups is 1. The van der Waals surface area contributed by atoms with Crippen LogP contribution in [0.15, 0.2) is 59.5 Å². The second-order valence-electron chi connectivity index (χ2n) is 4.46. The summed E-state index contributed by atoms with van der Waals surface area (Å²) in [5.74, 6) is -0.969. The second-order valence-corrected chi connectivity index (χ2v) is 5.51. The highest BCUT2D eigenvalue weighted by molar-refractivity contribution is 7.99. The SMILES string of the molecule is COC(=O)[C@@](O)(CSc1ccc(F)cc1)c1ccccc1. The molecule has 0 aliphatic carbocycles. The maximum Gasteiger partial charge on any atom is 0.343 e. The fourth-order valence-electron chi connectivity index (χ4n) is 1.86. The molecule has 2 aromatic rings. The lowest BCUT2D eigenvalue weighted by atomic mass is 9.96. The molecule has 2 rings (SSSR count). The number of hydrogen-bond acceptors (Lipinski definition) is 4. The molecule has 0 bridgehead atoms. The maximum atomic E-state index is 12.9. The summed E-state index contributed by atoms with van der Waals surface area (Å²) in [6, 6.07) is 14.5. The predicted molar refractivity (Wildman–Crippen MR) is 79.5 cm³/mol. The van der Waals surface area contributed by atoms with Crippen molar-refractivity contribution in [2.45, 2.75) is 10.5 Å². The van der Waals surface area contributed by atoms with Gasteiger partial charge in [-0.15, -0.1) is 11.8 Å². The topological polar surface area (TPSA) is 46.5 Å². The van der Waals surface area contributed by atoms with E-state index in [9.17, 15) is 14.3 Å².